The number of rotatable bonds is 6. The molecule has 4 atom stereocenters. The summed E-state index contributed by atoms with van der Waals surface area (Å²) in [6, 6.07) is 2.40. The summed E-state index contributed by atoms with van der Waals surface area (Å²) in [7, 11) is 0. The lowest BCUT2D eigenvalue weighted by molar-refractivity contribution is -0.0546. The first kappa shape index (κ1) is 22.9. The van der Waals surface area contributed by atoms with E-state index in [2.05, 4.69) is 11.7 Å². The van der Waals surface area contributed by atoms with E-state index in [1.807, 2.05) is 0 Å². The summed E-state index contributed by atoms with van der Waals surface area (Å²) in [6.07, 6.45) is 15.1. The van der Waals surface area contributed by atoms with Gasteiger partial charge in [0, 0.05) is 0 Å². The normalized spacial score (nSPS) is 33.9. The third-order valence-corrected chi connectivity index (χ3v) is 8.61. The molecule has 0 unspecified atom stereocenters. The molecule has 0 N–H and O–H groups in total. The summed E-state index contributed by atoms with van der Waals surface area (Å²) >= 11 is 0. The fourth-order valence-electron chi connectivity index (χ4n) is 7.03. The Morgan fingerprint density at radius 2 is 1.35 bits per heavy atom. The average Bonchev–Trinajstić information content (AvgIpc) is 2.76. The van der Waals surface area contributed by atoms with Crippen LogP contribution in [0.15, 0.2) is 12.1 Å². The van der Waals surface area contributed by atoms with E-state index in [1.54, 1.807) is 0 Å². The Hall–Kier alpha value is -1.26. The summed E-state index contributed by atoms with van der Waals surface area (Å²) in [6.45, 7) is -0.944. The van der Waals surface area contributed by atoms with E-state index in [0.717, 1.165) is 42.9 Å². The van der Waals surface area contributed by atoms with Gasteiger partial charge in [-0.05, 0) is 105 Å². The number of alkyl halides is 2. The predicted octanol–water partition coefficient (Wildman–Crippen LogP) is 8.47. The Bertz CT molecular complexity index is 705. The number of benzene rings is 1. The first-order valence-corrected chi connectivity index (χ1v) is 12.4. The molecule has 1 aromatic carbocycles. The van der Waals surface area contributed by atoms with Crippen molar-refractivity contribution in [1.82, 2.24) is 0 Å². The van der Waals surface area contributed by atoms with Crippen molar-refractivity contribution < 1.29 is 22.3 Å². The summed E-state index contributed by atoms with van der Waals surface area (Å²) < 4.78 is 57.2. The van der Waals surface area contributed by atoms with Crippen molar-refractivity contribution in [3.63, 3.8) is 0 Å². The van der Waals surface area contributed by atoms with Gasteiger partial charge in [0.05, 0.1) is 0 Å². The van der Waals surface area contributed by atoms with Crippen molar-refractivity contribution in [1.29, 1.82) is 0 Å². The molecule has 3 fully saturated rings. The summed E-state index contributed by atoms with van der Waals surface area (Å²) in [4.78, 5) is 0. The van der Waals surface area contributed by atoms with Crippen molar-refractivity contribution in [2.45, 2.75) is 96.5 Å². The van der Waals surface area contributed by atoms with E-state index in [0.29, 0.717) is 11.5 Å². The van der Waals surface area contributed by atoms with Crippen LogP contribution >= 0.6 is 0 Å². The zero-order chi connectivity index (χ0) is 22.0. The van der Waals surface area contributed by atoms with Crippen molar-refractivity contribution in [3.05, 3.63) is 29.3 Å². The van der Waals surface area contributed by atoms with Gasteiger partial charge in [0.2, 0.25) is 0 Å². The number of hydrogen-bond donors (Lipinski definition) is 0. The van der Waals surface area contributed by atoms with E-state index in [4.69, 9.17) is 0 Å². The highest BCUT2D eigenvalue weighted by Crippen LogP contribution is 2.51. The molecule has 0 aromatic heterocycles. The van der Waals surface area contributed by atoms with E-state index >= 15 is 0 Å². The van der Waals surface area contributed by atoms with Gasteiger partial charge >= 0.3 is 6.61 Å². The zero-order valence-corrected chi connectivity index (χ0v) is 18.6. The number of fused-ring (bicyclic) bond motifs is 1. The maximum absolute atomic E-state index is 14.2. The molecule has 3 saturated carbocycles. The fraction of sp³-hybridized carbons (Fsp3) is 0.769. The quantitative estimate of drug-likeness (QED) is 0.403. The zero-order valence-electron chi connectivity index (χ0n) is 18.6. The summed E-state index contributed by atoms with van der Waals surface area (Å²) in [5.41, 5.74) is 0.589. The second kappa shape index (κ2) is 10.1. The van der Waals surface area contributed by atoms with Crippen LogP contribution in [0.2, 0.25) is 0 Å². The molecule has 0 aliphatic heterocycles. The Morgan fingerprint density at radius 1 is 0.806 bits per heavy atom. The molecular formula is C26H36F4O. The lowest BCUT2D eigenvalue weighted by atomic mass is 9.60. The largest absolute Gasteiger partial charge is 0.429 e. The van der Waals surface area contributed by atoms with Gasteiger partial charge in [0.1, 0.15) is 0 Å². The number of ether oxygens (including phenoxy) is 1. The predicted molar refractivity (Wildman–Crippen MR) is 114 cm³/mol. The summed E-state index contributed by atoms with van der Waals surface area (Å²) in [5.74, 6) is 1.15. The molecule has 1 nitrogen and oxygen atoms in total. The van der Waals surface area contributed by atoms with Gasteiger partial charge in [-0.3, -0.25) is 0 Å². The molecule has 1 aromatic rings. The van der Waals surface area contributed by atoms with Crippen LogP contribution in [-0.2, 0) is 0 Å². The monoisotopic (exact) mass is 440 g/mol. The topological polar surface area (TPSA) is 9.23 Å². The lowest BCUT2D eigenvalue weighted by Crippen LogP contribution is -2.34. The van der Waals surface area contributed by atoms with Crippen LogP contribution in [0.5, 0.6) is 5.75 Å². The maximum atomic E-state index is 14.2. The molecule has 0 spiro atoms. The first-order valence-electron chi connectivity index (χ1n) is 12.4. The van der Waals surface area contributed by atoms with Crippen LogP contribution in [-0.4, -0.2) is 6.61 Å². The van der Waals surface area contributed by atoms with E-state index in [9.17, 15) is 17.6 Å². The lowest BCUT2D eigenvalue weighted by Gasteiger charge is -2.45. The second-order valence-corrected chi connectivity index (χ2v) is 10.4. The van der Waals surface area contributed by atoms with Crippen LogP contribution < -0.4 is 4.74 Å². The van der Waals surface area contributed by atoms with E-state index in [-0.39, 0.29) is 5.92 Å². The van der Waals surface area contributed by atoms with Crippen molar-refractivity contribution >= 4 is 0 Å². The molecular weight excluding hydrogens is 404 g/mol. The van der Waals surface area contributed by atoms with E-state index < -0.39 is 24.0 Å². The molecule has 5 heteroatoms. The Morgan fingerprint density at radius 3 is 1.97 bits per heavy atom. The Kier molecular flexibility index (Phi) is 7.48. The van der Waals surface area contributed by atoms with Gasteiger partial charge in [-0.25, -0.2) is 8.78 Å². The molecule has 0 radical (unpaired) electrons. The molecule has 3 aliphatic carbocycles. The highest BCUT2D eigenvalue weighted by Gasteiger charge is 2.39. The molecule has 0 saturated heterocycles. The highest BCUT2D eigenvalue weighted by atomic mass is 19.3. The molecule has 3 aliphatic rings. The van der Waals surface area contributed by atoms with E-state index in [1.165, 1.54) is 69.9 Å². The van der Waals surface area contributed by atoms with Gasteiger partial charge in [-0.1, -0.05) is 32.6 Å². The third kappa shape index (κ3) is 5.39. The van der Waals surface area contributed by atoms with Crippen LogP contribution in [0.3, 0.4) is 0 Å². The number of halogens is 4. The summed E-state index contributed by atoms with van der Waals surface area (Å²) in [5, 5.41) is 0. The molecule has 174 valence electrons. The first-order chi connectivity index (χ1) is 14.9. The van der Waals surface area contributed by atoms with Gasteiger partial charge in [-0.2, -0.15) is 8.78 Å². The number of hydrogen-bond acceptors (Lipinski definition) is 1. The smallest absolute Gasteiger partial charge is 0.387 e. The van der Waals surface area contributed by atoms with Gasteiger partial charge < -0.3 is 4.74 Å². The highest BCUT2D eigenvalue weighted by molar-refractivity contribution is 5.33. The molecule has 31 heavy (non-hydrogen) atoms. The van der Waals surface area contributed by atoms with Gasteiger partial charge in [0.15, 0.2) is 17.4 Å². The minimum Gasteiger partial charge on any atom is -0.429 e. The maximum Gasteiger partial charge on any atom is 0.387 e. The fourth-order valence-corrected chi connectivity index (χ4v) is 7.03. The minimum absolute atomic E-state index is 0.104. The van der Waals surface area contributed by atoms with Crippen molar-refractivity contribution in [2.75, 3.05) is 0 Å². The standard InChI is InChI=1S/C26H36F4O/c1-2-3-16-4-6-17(7-5-16)18-8-9-20-13-21(11-10-19(20)12-18)22-14-23(27)25(24(28)15-22)31-26(29)30/h14-21,26H,2-13H2,1H3/t16?,17?,18-,19-,20-,21-/m1/s1. The minimum atomic E-state index is -3.23. The van der Waals surface area contributed by atoms with Crippen molar-refractivity contribution in [3.8, 4) is 5.75 Å². The molecule has 0 bridgehead atoms. The Labute approximate surface area is 183 Å². The second-order valence-electron chi connectivity index (χ2n) is 10.4. The van der Waals surface area contributed by atoms with Crippen LogP contribution in [0.4, 0.5) is 17.6 Å². The van der Waals surface area contributed by atoms with Crippen LogP contribution in [0.1, 0.15) is 95.5 Å². The molecule has 0 heterocycles. The average molecular weight is 441 g/mol. The van der Waals surface area contributed by atoms with Crippen molar-refractivity contribution in [2.24, 2.45) is 29.6 Å². The molecule has 4 rings (SSSR count). The SMILES string of the molecule is CCCC1CCC([C@@H]2CC[C@@H]3C[C@H](c4cc(F)c(OC(F)F)c(F)c4)CC[C@@H]3C2)CC1. The van der Waals surface area contributed by atoms with Gasteiger partial charge in [-0.15, -0.1) is 0 Å². The van der Waals surface area contributed by atoms with Crippen LogP contribution in [0.25, 0.3) is 0 Å². The Balaban J connectivity index is 1.33. The van der Waals surface area contributed by atoms with Gasteiger partial charge in [0.25, 0.3) is 0 Å². The molecule has 0 amide bonds. The van der Waals surface area contributed by atoms with Crippen LogP contribution in [0, 0.1) is 41.2 Å². The third-order valence-electron chi connectivity index (χ3n) is 8.61.